The zero-order chi connectivity index (χ0) is 17.0. The van der Waals surface area contributed by atoms with Gasteiger partial charge in [0, 0.05) is 31.8 Å². The highest BCUT2D eigenvalue weighted by Crippen LogP contribution is 2.46. The Morgan fingerprint density at radius 3 is 2.75 bits per heavy atom. The van der Waals surface area contributed by atoms with Gasteiger partial charge >= 0.3 is 0 Å². The molecule has 2 aliphatic heterocycles. The highest BCUT2D eigenvalue weighted by molar-refractivity contribution is 5.91. The largest absolute Gasteiger partial charge is 0.354 e. The highest BCUT2D eigenvalue weighted by Gasteiger charge is 2.48. The second kappa shape index (κ2) is 7.68. The molecule has 1 atom stereocenters. The molecule has 0 radical (unpaired) electrons. The van der Waals surface area contributed by atoms with E-state index in [9.17, 15) is 9.59 Å². The highest BCUT2D eigenvalue weighted by atomic mass is 16.2. The number of amides is 2. The van der Waals surface area contributed by atoms with Crippen LogP contribution in [0.5, 0.6) is 0 Å². The van der Waals surface area contributed by atoms with Crippen LogP contribution in [0.3, 0.4) is 0 Å². The summed E-state index contributed by atoms with van der Waals surface area (Å²) in [5.41, 5.74) is 0.507. The predicted octanol–water partition coefficient (Wildman–Crippen LogP) is 2.29. The molecule has 3 aliphatic rings. The molecule has 5 heteroatoms. The molecule has 0 aromatic rings. The fourth-order valence-corrected chi connectivity index (χ4v) is 4.55. The molecule has 2 saturated heterocycles. The normalized spacial score (nSPS) is 28.3. The fourth-order valence-electron chi connectivity index (χ4n) is 4.55. The van der Waals surface area contributed by atoms with Gasteiger partial charge in [-0.1, -0.05) is 12.5 Å². The molecule has 0 aromatic heterocycles. The van der Waals surface area contributed by atoms with Gasteiger partial charge in [-0.15, -0.1) is 0 Å². The minimum atomic E-state index is -0.468. The quantitative estimate of drug-likeness (QED) is 0.840. The predicted molar refractivity (Wildman–Crippen MR) is 94.3 cm³/mol. The lowest BCUT2D eigenvalue weighted by atomic mass is 9.69. The number of nitrogens with one attached hydrogen (secondary N) is 1. The SMILES string of the molecule is CCN1C(=O)CCC2(C(=O)NCCN3CCCCC3)CCCC=C12. The summed E-state index contributed by atoms with van der Waals surface area (Å²) >= 11 is 0. The number of hydrogen-bond donors (Lipinski definition) is 1. The van der Waals surface area contributed by atoms with Crippen LogP contribution in [-0.4, -0.2) is 54.3 Å². The van der Waals surface area contributed by atoms with E-state index in [1.54, 1.807) is 0 Å². The molecule has 0 saturated carbocycles. The van der Waals surface area contributed by atoms with Crippen LogP contribution in [0.25, 0.3) is 0 Å². The molecule has 3 rings (SSSR count). The average molecular weight is 333 g/mol. The van der Waals surface area contributed by atoms with E-state index in [0.717, 1.165) is 44.6 Å². The number of nitrogens with zero attached hydrogens (tertiary/aromatic N) is 2. The minimum Gasteiger partial charge on any atom is -0.354 e. The van der Waals surface area contributed by atoms with Crippen molar-refractivity contribution in [2.24, 2.45) is 5.41 Å². The van der Waals surface area contributed by atoms with E-state index >= 15 is 0 Å². The van der Waals surface area contributed by atoms with Gasteiger partial charge in [-0.3, -0.25) is 9.59 Å². The van der Waals surface area contributed by atoms with Crippen molar-refractivity contribution in [1.82, 2.24) is 15.1 Å². The molecule has 0 aromatic carbocycles. The van der Waals surface area contributed by atoms with Gasteiger partial charge in [0.15, 0.2) is 0 Å². The number of allylic oxidation sites excluding steroid dienone is 1. The fraction of sp³-hybridized carbons (Fsp3) is 0.789. The molecular formula is C19H31N3O2. The van der Waals surface area contributed by atoms with E-state index in [1.165, 1.54) is 19.3 Å². The van der Waals surface area contributed by atoms with Crippen molar-refractivity contribution in [3.05, 3.63) is 11.8 Å². The summed E-state index contributed by atoms with van der Waals surface area (Å²) < 4.78 is 0. The zero-order valence-electron chi connectivity index (χ0n) is 15.0. The molecule has 1 aliphatic carbocycles. The van der Waals surface area contributed by atoms with Crippen molar-refractivity contribution in [3.8, 4) is 0 Å². The molecule has 2 fully saturated rings. The van der Waals surface area contributed by atoms with Crippen LogP contribution in [0.1, 0.15) is 58.3 Å². The Morgan fingerprint density at radius 1 is 1.21 bits per heavy atom. The first-order valence-electron chi connectivity index (χ1n) is 9.69. The Labute approximate surface area is 145 Å². The van der Waals surface area contributed by atoms with Gasteiger partial charge in [-0.05, 0) is 58.5 Å². The van der Waals surface area contributed by atoms with Crippen LogP contribution < -0.4 is 5.32 Å². The van der Waals surface area contributed by atoms with Crippen molar-refractivity contribution >= 4 is 11.8 Å². The number of rotatable bonds is 5. The van der Waals surface area contributed by atoms with Crippen molar-refractivity contribution in [3.63, 3.8) is 0 Å². The van der Waals surface area contributed by atoms with Gasteiger partial charge in [0.25, 0.3) is 0 Å². The third-order valence-electron chi connectivity index (χ3n) is 5.91. The summed E-state index contributed by atoms with van der Waals surface area (Å²) in [6.07, 6.45) is 10.1. The second-order valence-corrected chi connectivity index (χ2v) is 7.36. The van der Waals surface area contributed by atoms with E-state index in [-0.39, 0.29) is 11.8 Å². The zero-order valence-corrected chi connectivity index (χ0v) is 15.0. The first-order chi connectivity index (χ1) is 11.7. The van der Waals surface area contributed by atoms with Crippen molar-refractivity contribution in [2.45, 2.75) is 58.3 Å². The van der Waals surface area contributed by atoms with E-state index in [2.05, 4.69) is 16.3 Å². The maximum Gasteiger partial charge on any atom is 0.232 e. The number of carbonyl (C=O) groups excluding carboxylic acids is 2. The maximum atomic E-state index is 13.1. The molecule has 1 unspecified atom stereocenters. The van der Waals surface area contributed by atoms with Crippen molar-refractivity contribution in [2.75, 3.05) is 32.7 Å². The summed E-state index contributed by atoms with van der Waals surface area (Å²) in [4.78, 5) is 29.6. The van der Waals surface area contributed by atoms with Crippen LogP contribution in [-0.2, 0) is 9.59 Å². The molecule has 5 nitrogen and oxygen atoms in total. The van der Waals surface area contributed by atoms with E-state index < -0.39 is 5.41 Å². The third-order valence-corrected chi connectivity index (χ3v) is 5.91. The maximum absolute atomic E-state index is 13.1. The Hall–Kier alpha value is -1.36. The van der Waals surface area contributed by atoms with E-state index in [1.807, 2.05) is 11.8 Å². The number of likely N-dealkylation sites (tertiary alicyclic amines) is 2. The molecule has 2 heterocycles. The Kier molecular flexibility index (Phi) is 5.59. The minimum absolute atomic E-state index is 0.136. The number of fused-ring (bicyclic) bond motifs is 1. The van der Waals surface area contributed by atoms with Gasteiger partial charge in [0.05, 0.1) is 5.41 Å². The van der Waals surface area contributed by atoms with E-state index in [4.69, 9.17) is 0 Å². The molecule has 24 heavy (non-hydrogen) atoms. The second-order valence-electron chi connectivity index (χ2n) is 7.36. The topological polar surface area (TPSA) is 52.7 Å². The van der Waals surface area contributed by atoms with Crippen molar-refractivity contribution < 1.29 is 9.59 Å². The Morgan fingerprint density at radius 2 is 2.00 bits per heavy atom. The standard InChI is InChI=1S/C19H31N3O2/c1-2-22-16-8-4-5-10-19(16,11-9-17(22)23)18(24)20-12-15-21-13-6-3-7-14-21/h8H,2-7,9-15H2,1H3,(H,20,24). The molecule has 134 valence electrons. The third kappa shape index (κ3) is 3.37. The van der Waals surface area contributed by atoms with Gasteiger partial charge in [-0.2, -0.15) is 0 Å². The van der Waals surface area contributed by atoms with Gasteiger partial charge in [0.2, 0.25) is 11.8 Å². The van der Waals surface area contributed by atoms with Gasteiger partial charge in [-0.25, -0.2) is 0 Å². The van der Waals surface area contributed by atoms with Crippen LogP contribution >= 0.6 is 0 Å². The molecule has 1 N–H and O–H groups in total. The number of piperidine rings is 2. The summed E-state index contributed by atoms with van der Waals surface area (Å²) in [5.74, 6) is 0.304. The van der Waals surface area contributed by atoms with Crippen LogP contribution in [0.15, 0.2) is 11.8 Å². The van der Waals surface area contributed by atoms with Crippen LogP contribution in [0.4, 0.5) is 0 Å². The van der Waals surface area contributed by atoms with Crippen LogP contribution in [0, 0.1) is 5.41 Å². The van der Waals surface area contributed by atoms with Crippen LogP contribution in [0.2, 0.25) is 0 Å². The monoisotopic (exact) mass is 333 g/mol. The Balaban J connectivity index is 1.64. The average Bonchev–Trinajstić information content (AvgIpc) is 2.62. The lowest BCUT2D eigenvalue weighted by Crippen LogP contribution is -2.53. The van der Waals surface area contributed by atoms with Gasteiger partial charge < -0.3 is 15.1 Å². The molecular weight excluding hydrogens is 302 g/mol. The molecule has 0 spiro atoms. The number of hydrogen-bond acceptors (Lipinski definition) is 3. The van der Waals surface area contributed by atoms with Crippen molar-refractivity contribution in [1.29, 1.82) is 0 Å². The number of carbonyl (C=O) groups is 2. The molecule has 0 bridgehead atoms. The molecule has 2 amide bonds. The Bertz CT molecular complexity index is 511. The first-order valence-corrected chi connectivity index (χ1v) is 9.69. The summed E-state index contributed by atoms with van der Waals surface area (Å²) in [6, 6.07) is 0. The van der Waals surface area contributed by atoms with Gasteiger partial charge in [0.1, 0.15) is 0 Å². The van der Waals surface area contributed by atoms with E-state index in [0.29, 0.717) is 25.9 Å². The summed E-state index contributed by atoms with van der Waals surface area (Å²) in [6.45, 7) is 6.63. The summed E-state index contributed by atoms with van der Waals surface area (Å²) in [7, 11) is 0. The lowest BCUT2D eigenvalue weighted by Gasteiger charge is -2.45. The lowest BCUT2D eigenvalue weighted by molar-refractivity contribution is -0.140. The first kappa shape index (κ1) is 17.5. The smallest absolute Gasteiger partial charge is 0.232 e. The summed E-state index contributed by atoms with van der Waals surface area (Å²) in [5, 5.41) is 3.19.